The molecule has 1 aliphatic carbocycles. The summed E-state index contributed by atoms with van der Waals surface area (Å²) in [6.45, 7) is 4.52. The molecule has 1 amide bonds. The molecule has 0 radical (unpaired) electrons. The van der Waals surface area contributed by atoms with Crippen molar-refractivity contribution >= 4 is 15.9 Å². The van der Waals surface area contributed by atoms with E-state index >= 15 is 0 Å². The maximum absolute atomic E-state index is 13.2. The molecule has 3 rings (SSSR count). The number of amides is 1. The molecule has 0 aromatic heterocycles. The van der Waals surface area contributed by atoms with E-state index in [1.54, 1.807) is 4.90 Å². The van der Waals surface area contributed by atoms with Crippen LogP contribution in [-0.2, 0) is 19.6 Å². The SMILES string of the molecule is CCCCN([C@@H]1C[C@H]1C(=O)N1CCOCC1)S(=O)(=O)c1ccc(F)cc1. The van der Waals surface area contributed by atoms with Crippen molar-refractivity contribution in [1.29, 1.82) is 0 Å². The molecule has 6 nitrogen and oxygen atoms in total. The monoisotopic (exact) mass is 384 g/mol. The number of hydrogen-bond acceptors (Lipinski definition) is 4. The maximum atomic E-state index is 13.2. The van der Waals surface area contributed by atoms with E-state index in [9.17, 15) is 17.6 Å². The largest absolute Gasteiger partial charge is 0.378 e. The fourth-order valence-electron chi connectivity index (χ4n) is 3.30. The Labute approximate surface area is 154 Å². The van der Waals surface area contributed by atoms with Crippen LogP contribution in [0.15, 0.2) is 29.2 Å². The van der Waals surface area contributed by atoms with Gasteiger partial charge >= 0.3 is 0 Å². The Morgan fingerprint density at radius 3 is 2.54 bits per heavy atom. The summed E-state index contributed by atoms with van der Waals surface area (Å²) < 4.78 is 45.9. The van der Waals surface area contributed by atoms with Gasteiger partial charge in [0.2, 0.25) is 15.9 Å². The van der Waals surface area contributed by atoms with Crippen molar-refractivity contribution < 1.29 is 22.3 Å². The number of rotatable bonds is 7. The van der Waals surface area contributed by atoms with E-state index in [0.717, 1.165) is 25.0 Å². The number of sulfonamides is 1. The molecule has 144 valence electrons. The first-order valence-corrected chi connectivity index (χ1v) is 10.5. The number of unbranched alkanes of at least 4 members (excludes halogenated alkanes) is 1. The van der Waals surface area contributed by atoms with Crippen molar-refractivity contribution in [3.05, 3.63) is 30.1 Å². The van der Waals surface area contributed by atoms with Crippen LogP contribution in [0.25, 0.3) is 0 Å². The number of carbonyl (C=O) groups is 1. The number of nitrogens with zero attached hydrogens (tertiary/aromatic N) is 2. The normalized spacial score (nSPS) is 23.3. The molecule has 1 aromatic rings. The molecule has 0 spiro atoms. The highest BCUT2D eigenvalue weighted by molar-refractivity contribution is 7.89. The molecule has 0 N–H and O–H groups in total. The van der Waals surface area contributed by atoms with E-state index in [-0.39, 0.29) is 22.8 Å². The fourth-order valence-corrected chi connectivity index (χ4v) is 5.01. The minimum absolute atomic E-state index is 0.00843. The minimum atomic E-state index is -3.75. The fraction of sp³-hybridized carbons (Fsp3) is 0.611. The summed E-state index contributed by atoms with van der Waals surface area (Å²) in [6.07, 6.45) is 2.11. The van der Waals surface area contributed by atoms with Gasteiger partial charge in [0.1, 0.15) is 5.82 Å². The highest BCUT2D eigenvalue weighted by Gasteiger charge is 2.52. The zero-order valence-electron chi connectivity index (χ0n) is 14.9. The van der Waals surface area contributed by atoms with Crippen LogP contribution < -0.4 is 0 Å². The van der Waals surface area contributed by atoms with Gasteiger partial charge in [0, 0.05) is 25.7 Å². The molecule has 2 atom stereocenters. The summed E-state index contributed by atoms with van der Waals surface area (Å²) in [5, 5.41) is 0. The van der Waals surface area contributed by atoms with Gasteiger partial charge in [-0.1, -0.05) is 13.3 Å². The van der Waals surface area contributed by atoms with Crippen molar-refractivity contribution in [3.8, 4) is 0 Å². The summed E-state index contributed by atoms with van der Waals surface area (Å²) in [7, 11) is -3.75. The van der Waals surface area contributed by atoms with Crippen LogP contribution in [0.3, 0.4) is 0 Å². The predicted molar refractivity (Wildman–Crippen MR) is 94.5 cm³/mol. The Kier molecular flexibility index (Phi) is 5.94. The number of halogens is 1. The quantitative estimate of drug-likeness (QED) is 0.720. The van der Waals surface area contributed by atoms with E-state index in [4.69, 9.17) is 4.74 Å². The molecule has 1 heterocycles. The number of morpholine rings is 1. The molecular weight excluding hydrogens is 359 g/mol. The Hall–Kier alpha value is -1.51. The van der Waals surface area contributed by atoms with Gasteiger partial charge in [-0.25, -0.2) is 12.8 Å². The van der Waals surface area contributed by atoms with Crippen molar-refractivity contribution in [2.45, 2.75) is 37.1 Å². The lowest BCUT2D eigenvalue weighted by molar-refractivity contribution is -0.136. The van der Waals surface area contributed by atoms with Crippen molar-refractivity contribution in [2.24, 2.45) is 5.92 Å². The second-order valence-corrected chi connectivity index (χ2v) is 8.66. The van der Waals surface area contributed by atoms with Gasteiger partial charge in [0.25, 0.3) is 0 Å². The summed E-state index contributed by atoms with van der Waals surface area (Å²) >= 11 is 0. The first-order valence-electron chi connectivity index (χ1n) is 9.09. The minimum Gasteiger partial charge on any atom is -0.378 e. The van der Waals surface area contributed by atoms with Crippen molar-refractivity contribution in [1.82, 2.24) is 9.21 Å². The van der Waals surface area contributed by atoms with Gasteiger partial charge in [-0.15, -0.1) is 0 Å². The molecule has 2 aliphatic rings. The molecule has 8 heteroatoms. The number of ether oxygens (including phenoxy) is 1. The third-order valence-electron chi connectivity index (χ3n) is 4.92. The van der Waals surface area contributed by atoms with Crippen LogP contribution in [0.2, 0.25) is 0 Å². The standard InChI is InChI=1S/C18H25FN2O4S/c1-2-3-8-21(26(23,24)15-6-4-14(19)5-7-15)17-13-16(17)18(22)20-9-11-25-12-10-20/h4-7,16-17H,2-3,8-13H2,1H3/t16-,17-/m1/s1. The van der Waals surface area contributed by atoms with Crippen LogP contribution in [0, 0.1) is 11.7 Å². The van der Waals surface area contributed by atoms with E-state index < -0.39 is 15.8 Å². The van der Waals surface area contributed by atoms with E-state index in [0.29, 0.717) is 39.3 Å². The molecule has 0 bridgehead atoms. The lowest BCUT2D eigenvalue weighted by Crippen LogP contribution is -2.43. The molecule has 2 fully saturated rings. The summed E-state index contributed by atoms with van der Waals surface area (Å²) in [5.41, 5.74) is 0. The molecule has 0 unspecified atom stereocenters. The highest BCUT2D eigenvalue weighted by Crippen LogP contribution is 2.40. The van der Waals surface area contributed by atoms with Crippen LogP contribution in [0.5, 0.6) is 0 Å². The maximum Gasteiger partial charge on any atom is 0.243 e. The zero-order chi connectivity index (χ0) is 18.7. The summed E-state index contributed by atoms with van der Waals surface area (Å²) in [4.78, 5) is 14.5. The van der Waals surface area contributed by atoms with Crippen molar-refractivity contribution in [2.75, 3.05) is 32.8 Å². The third kappa shape index (κ3) is 4.07. The lowest BCUT2D eigenvalue weighted by Gasteiger charge is -2.28. The van der Waals surface area contributed by atoms with Gasteiger partial charge in [-0.3, -0.25) is 4.79 Å². The Morgan fingerprint density at radius 1 is 1.27 bits per heavy atom. The van der Waals surface area contributed by atoms with Gasteiger partial charge in [-0.05, 0) is 37.1 Å². The summed E-state index contributed by atoms with van der Waals surface area (Å²) in [5.74, 6) is -0.759. The van der Waals surface area contributed by atoms with E-state index in [1.807, 2.05) is 6.92 Å². The average molecular weight is 384 g/mol. The highest BCUT2D eigenvalue weighted by atomic mass is 32.2. The van der Waals surface area contributed by atoms with Crippen molar-refractivity contribution in [3.63, 3.8) is 0 Å². The number of benzene rings is 1. The second-order valence-electron chi connectivity index (χ2n) is 6.77. The number of hydrogen-bond donors (Lipinski definition) is 0. The molecule has 1 saturated carbocycles. The smallest absolute Gasteiger partial charge is 0.243 e. The lowest BCUT2D eigenvalue weighted by atomic mass is 10.3. The van der Waals surface area contributed by atoms with Gasteiger partial charge < -0.3 is 9.64 Å². The Balaban J connectivity index is 1.76. The summed E-state index contributed by atoms with van der Waals surface area (Å²) in [6, 6.07) is 4.55. The molecule has 1 aliphatic heterocycles. The third-order valence-corrected chi connectivity index (χ3v) is 6.86. The predicted octanol–water partition coefficient (Wildman–Crippen LogP) is 1.86. The second kappa shape index (κ2) is 8.02. The Morgan fingerprint density at radius 2 is 1.92 bits per heavy atom. The van der Waals surface area contributed by atoms with E-state index in [1.165, 1.54) is 16.4 Å². The first-order chi connectivity index (χ1) is 12.4. The molecule has 26 heavy (non-hydrogen) atoms. The molecule has 1 saturated heterocycles. The first kappa shape index (κ1) is 19.3. The van der Waals surface area contributed by atoms with Gasteiger partial charge in [0.15, 0.2) is 0 Å². The zero-order valence-corrected chi connectivity index (χ0v) is 15.8. The van der Waals surface area contributed by atoms with E-state index in [2.05, 4.69) is 0 Å². The van der Waals surface area contributed by atoms with Gasteiger partial charge in [-0.2, -0.15) is 4.31 Å². The topological polar surface area (TPSA) is 66.9 Å². The van der Waals surface area contributed by atoms with Gasteiger partial charge in [0.05, 0.1) is 24.0 Å². The number of carbonyl (C=O) groups excluding carboxylic acids is 1. The van der Waals surface area contributed by atoms with Crippen LogP contribution in [-0.4, -0.2) is 62.4 Å². The molecule has 1 aromatic carbocycles. The van der Waals surface area contributed by atoms with Crippen LogP contribution >= 0.6 is 0 Å². The van der Waals surface area contributed by atoms with Crippen LogP contribution in [0.1, 0.15) is 26.2 Å². The molecular formula is C18H25FN2O4S. The average Bonchev–Trinajstić information content (AvgIpc) is 3.42. The van der Waals surface area contributed by atoms with Crippen LogP contribution in [0.4, 0.5) is 4.39 Å². The Bertz CT molecular complexity index is 732.